The van der Waals surface area contributed by atoms with Crippen molar-refractivity contribution >= 4 is 11.0 Å². The van der Waals surface area contributed by atoms with Gasteiger partial charge in [-0.3, -0.25) is 0 Å². The first kappa shape index (κ1) is 13.6. The van der Waals surface area contributed by atoms with E-state index in [1.54, 1.807) is 24.5 Å². The van der Waals surface area contributed by atoms with Gasteiger partial charge in [0.2, 0.25) is 0 Å². The number of hydrogen-bond acceptors (Lipinski definition) is 3. The van der Waals surface area contributed by atoms with Gasteiger partial charge in [0.1, 0.15) is 17.2 Å². The van der Waals surface area contributed by atoms with E-state index in [0.29, 0.717) is 22.5 Å². The Labute approximate surface area is 131 Å². The van der Waals surface area contributed by atoms with Crippen LogP contribution in [0.3, 0.4) is 0 Å². The van der Waals surface area contributed by atoms with Crippen molar-refractivity contribution in [3.8, 4) is 28.2 Å². The van der Waals surface area contributed by atoms with Crippen LogP contribution in [0, 0.1) is 12.7 Å². The zero-order chi connectivity index (χ0) is 16.0. The van der Waals surface area contributed by atoms with E-state index < -0.39 is 5.82 Å². The van der Waals surface area contributed by atoms with Crippen LogP contribution in [0.25, 0.3) is 33.5 Å². The molecule has 0 aliphatic carbocycles. The summed E-state index contributed by atoms with van der Waals surface area (Å²) in [5.74, 6) is 0.470. The van der Waals surface area contributed by atoms with Crippen molar-refractivity contribution in [1.29, 1.82) is 0 Å². The molecule has 0 bridgehead atoms. The average Bonchev–Trinajstić information content (AvgIpc) is 3.16. The third-order valence-electron chi connectivity index (χ3n) is 3.86. The standard InChI is InChI=1S/C18H13FN2O2/c1-10-5-6-15(23-10)12-7-8-20-18-16(12)13(9-21-18)11-3-2-4-14(19)17(11)22/h2-9,22H,1H3,(H,20,21). The molecule has 0 unspecified atom stereocenters. The topological polar surface area (TPSA) is 62.0 Å². The Balaban J connectivity index is 2.04. The number of aryl methyl sites for hydroxylation is 1. The minimum atomic E-state index is -0.656. The molecule has 1 aromatic carbocycles. The Kier molecular flexibility index (Phi) is 2.94. The number of aromatic nitrogens is 2. The third kappa shape index (κ3) is 2.09. The highest BCUT2D eigenvalue weighted by atomic mass is 19.1. The molecule has 0 saturated carbocycles. The summed E-state index contributed by atoms with van der Waals surface area (Å²) in [6, 6.07) is 10.1. The summed E-state index contributed by atoms with van der Waals surface area (Å²) in [5.41, 5.74) is 2.57. The fourth-order valence-corrected chi connectivity index (χ4v) is 2.79. The number of pyridine rings is 1. The normalized spacial score (nSPS) is 11.2. The number of nitrogens with zero attached hydrogens (tertiary/aromatic N) is 1. The Morgan fingerprint density at radius 2 is 1.96 bits per heavy atom. The van der Waals surface area contributed by atoms with E-state index in [1.807, 2.05) is 25.1 Å². The monoisotopic (exact) mass is 308 g/mol. The van der Waals surface area contributed by atoms with Crippen molar-refractivity contribution in [2.24, 2.45) is 0 Å². The van der Waals surface area contributed by atoms with Gasteiger partial charge in [-0.05, 0) is 31.2 Å². The lowest BCUT2D eigenvalue weighted by Gasteiger charge is -2.06. The number of furan rings is 1. The molecule has 4 aromatic rings. The molecule has 3 aromatic heterocycles. The van der Waals surface area contributed by atoms with E-state index in [0.717, 1.165) is 16.7 Å². The van der Waals surface area contributed by atoms with Crippen molar-refractivity contribution in [2.45, 2.75) is 6.92 Å². The van der Waals surface area contributed by atoms with Crippen molar-refractivity contribution in [3.05, 3.63) is 60.4 Å². The van der Waals surface area contributed by atoms with Gasteiger partial charge in [-0.15, -0.1) is 0 Å². The first-order valence-electron chi connectivity index (χ1n) is 7.16. The minimum absolute atomic E-state index is 0.376. The van der Waals surface area contributed by atoms with Gasteiger partial charge in [-0.2, -0.15) is 0 Å². The van der Waals surface area contributed by atoms with E-state index in [-0.39, 0.29) is 5.75 Å². The molecule has 0 aliphatic rings. The Bertz CT molecular complexity index is 1020. The summed E-state index contributed by atoms with van der Waals surface area (Å²) in [5, 5.41) is 10.8. The molecule has 0 saturated heterocycles. The number of hydrogen-bond donors (Lipinski definition) is 2. The summed E-state index contributed by atoms with van der Waals surface area (Å²) in [7, 11) is 0. The largest absolute Gasteiger partial charge is 0.504 e. The number of phenolic OH excluding ortho intramolecular Hbond substituents is 1. The fourth-order valence-electron chi connectivity index (χ4n) is 2.79. The second kappa shape index (κ2) is 4.98. The minimum Gasteiger partial charge on any atom is -0.504 e. The van der Waals surface area contributed by atoms with E-state index in [2.05, 4.69) is 9.97 Å². The maximum absolute atomic E-state index is 13.7. The van der Waals surface area contributed by atoms with Crippen molar-refractivity contribution < 1.29 is 13.9 Å². The van der Waals surface area contributed by atoms with Gasteiger partial charge in [-0.1, -0.05) is 12.1 Å². The van der Waals surface area contributed by atoms with Gasteiger partial charge in [0.25, 0.3) is 0 Å². The number of benzene rings is 1. The molecule has 3 heterocycles. The Hall–Kier alpha value is -3.08. The van der Waals surface area contributed by atoms with E-state index in [4.69, 9.17) is 4.42 Å². The van der Waals surface area contributed by atoms with E-state index in [9.17, 15) is 9.50 Å². The van der Waals surface area contributed by atoms with Crippen molar-refractivity contribution in [3.63, 3.8) is 0 Å². The molecule has 4 rings (SSSR count). The molecule has 0 fully saturated rings. The first-order valence-corrected chi connectivity index (χ1v) is 7.16. The summed E-state index contributed by atoms with van der Waals surface area (Å²) in [6.07, 6.45) is 3.40. The highest BCUT2D eigenvalue weighted by Crippen LogP contribution is 2.39. The van der Waals surface area contributed by atoms with Gasteiger partial charge in [-0.25, -0.2) is 9.37 Å². The number of aromatic amines is 1. The predicted molar refractivity (Wildman–Crippen MR) is 85.6 cm³/mol. The van der Waals surface area contributed by atoms with E-state index in [1.165, 1.54) is 6.07 Å². The van der Waals surface area contributed by atoms with Crippen LogP contribution in [-0.4, -0.2) is 15.1 Å². The zero-order valence-electron chi connectivity index (χ0n) is 12.3. The fraction of sp³-hybridized carbons (Fsp3) is 0.0556. The van der Waals surface area contributed by atoms with Crippen molar-refractivity contribution in [1.82, 2.24) is 9.97 Å². The Morgan fingerprint density at radius 1 is 1.09 bits per heavy atom. The second-order valence-electron chi connectivity index (χ2n) is 5.33. The number of aromatic hydroxyl groups is 1. The average molecular weight is 308 g/mol. The summed E-state index contributed by atoms with van der Waals surface area (Å²) in [4.78, 5) is 7.36. The molecule has 0 radical (unpaired) electrons. The van der Waals surface area contributed by atoms with Crippen LogP contribution in [0.2, 0.25) is 0 Å². The number of halogens is 1. The van der Waals surface area contributed by atoms with Gasteiger partial charge in [0.05, 0.1) is 0 Å². The number of rotatable bonds is 2. The lowest BCUT2D eigenvalue weighted by atomic mass is 10.0. The van der Waals surface area contributed by atoms with Crippen LogP contribution < -0.4 is 0 Å². The quantitative estimate of drug-likeness (QED) is 0.567. The van der Waals surface area contributed by atoms with Gasteiger partial charge >= 0.3 is 0 Å². The summed E-state index contributed by atoms with van der Waals surface area (Å²) < 4.78 is 19.4. The zero-order valence-corrected chi connectivity index (χ0v) is 12.3. The second-order valence-corrected chi connectivity index (χ2v) is 5.33. The molecule has 114 valence electrons. The van der Waals surface area contributed by atoms with Gasteiger partial charge in [0, 0.05) is 34.5 Å². The van der Waals surface area contributed by atoms with Gasteiger partial charge < -0.3 is 14.5 Å². The van der Waals surface area contributed by atoms with Gasteiger partial charge in [0.15, 0.2) is 11.6 Å². The molecular formula is C18H13FN2O2. The lowest BCUT2D eigenvalue weighted by molar-refractivity contribution is 0.434. The number of nitrogens with one attached hydrogen (secondary N) is 1. The number of phenols is 1. The maximum atomic E-state index is 13.7. The number of H-pyrrole nitrogens is 1. The number of para-hydroxylation sites is 1. The molecule has 5 heteroatoms. The van der Waals surface area contributed by atoms with E-state index >= 15 is 0 Å². The van der Waals surface area contributed by atoms with Crippen molar-refractivity contribution in [2.75, 3.05) is 0 Å². The molecule has 0 amide bonds. The Morgan fingerprint density at radius 3 is 2.74 bits per heavy atom. The van der Waals surface area contributed by atoms with Crippen LogP contribution in [0.15, 0.2) is 53.2 Å². The summed E-state index contributed by atoms with van der Waals surface area (Å²) >= 11 is 0. The molecule has 2 N–H and O–H groups in total. The highest BCUT2D eigenvalue weighted by molar-refractivity contribution is 6.04. The molecule has 23 heavy (non-hydrogen) atoms. The number of fused-ring (bicyclic) bond motifs is 1. The SMILES string of the molecule is Cc1ccc(-c2ccnc3[nH]cc(-c4cccc(F)c4O)c23)o1. The molecular weight excluding hydrogens is 295 g/mol. The van der Waals surface area contributed by atoms with Crippen LogP contribution >= 0.6 is 0 Å². The molecule has 0 atom stereocenters. The first-order chi connectivity index (χ1) is 11.1. The lowest BCUT2D eigenvalue weighted by Crippen LogP contribution is -1.85. The van der Waals surface area contributed by atoms with Crippen LogP contribution in [0.1, 0.15) is 5.76 Å². The molecule has 0 spiro atoms. The highest BCUT2D eigenvalue weighted by Gasteiger charge is 2.18. The summed E-state index contributed by atoms with van der Waals surface area (Å²) in [6.45, 7) is 1.87. The predicted octanol–water partition coefficient (Wildman–Crippen LogP) is 4.64. The van der Waals surface area contributed by atoms with Crippen LogP contribution in [-0.2, 0) is 0 Å². The van der Waals surface area contributed by atoms with Crippen LogP contribution in [0.4, 0.5) is 4.39 Å². The van der Waals surface area contributed by atoms with Crippen LogP contribution in [0.5, 0.6) is 5.75 Å². The molecule has 0 aliphatic heterocycles. The molecule has 4 nitrogen and oxygen atoms in total. The smallest absolute Gasteiger partial charge is 0.165 e. The maximum Gasteiger partial charge on any atom is 0.165 e. The third-order valence-corrected chi connectivity index (χ3v) is 3.86.